The molecule has 18 heavy (non-hydrogen) atoms. The van der Waals surface area contributed by atoms with Gasteiger partial charge in [-0.1, -0.05) is 30.3 Å². The van der Waals surface area contributed by atoms with Gasteiger partial charge in [0.15, 0.2) is 0 Å². The molecule has 0 bridgehead atoms. The van der Waals surface area contributed by atoms with E-state index in [0.717, 1.165) is 5.56 Å². The topological polar surface area (TPSA) is 34.1 Å². The maximum absolute atomic E-state index is 11.4. The number of carbonyl (C=O) groups excluding carboxylic acids is 2. The lowest BCUT2D eigenvalue weighted by Gasteiger charge is -2.07. The van der Waals surface area contributed by atoms with Crippen molar-refractivity contribution in [3.05, 3.63) is 59.7 Å². The van der Waals surface area contributed by atoms with Crippen molar-refractivity contribution < 1.29 is 9.59 Å². The third kappa shape index (κ3) is 2.61. The molecule has 0 atom stereocenters. The first kappa shape index (κ1) is 12.8. The summed E-state index contributed by atoms with van der Waals surface area (Å²) in [6.07, 6.45) is 0. The maximum atomic E-state index is 11.4. The van der Waals surface area contributed by atoms with E-state index in [2.05, 4.69) is 0 Å². The van der Waals surface area contributed by atoms with Crippen LogP contribution in [0.1, 0.15) is 20.7 Å². The Kier molecular flexibility index (Phi) is 3.80. The molecule has 0 amide bonds. The minimum atomic E-state index is -0.569. The predicted molar refractivity (Wildman–Crippen MR) is 72.2 cm³/mol. The van der Waals surface area contributed by atoms with E-state index in [4.69, 9.17) is 23.2 Å². The fourth-order valence-electron chi connectivity index (χ4n) is 1.69. The second-order valence-corrected chi connectivity index (χ2v) is 4.36. The maximum Gasteiger partial charge on any atom is 0.253 e. The number of benzene rings is 2. The van der Waals surface area contributed by atoms with Gasteiger partial charge >= 0.3 is 0 Å². The van der Waals surface area contributed by atoms with E-state index in [1.54, 1.807) is 6.07 Å². The van der Waals surface area contributed by atoms with Gasteiger partial charge in [-0.3, -0.25) is 9.59 Å². The van der Waals surface area contributed by atoms with Crippen LogP contribution in [0.25, 0.3) is 11.1 Å². The zero-order valence-electron chi connectivity index (χ0n) is 9.19. The van der Waals surface area contributed by atoms with Crippen molar-refractivity contribution in [3.8, 4) is 11.1 Å². The molecule has 0 aliphatic heterocycles. The van der Waals surface area contributed by atoms with Crippen LogP contribution in [0.3, 0.4) is 0 Å². The number of halogens is 2. The van der Waals surface area contributed by atoms with Gasteiger partial charge in [0.1, 0.15) is 0 Å². The van der Waals surface area contributed by atoms with Crippen molar-refractivity contribution in [1.29, 1.82) is 0 Å². The number of rotatable bonds is 3. The molecular weight excluding hydrogens is 271 g/mol. The minimum Gasteiger partial charge on any atom is -0.276 e. The number of hydrogen-bond donors (Lipinski definition) is 0. The second kappa shape index (κ2) is 5.34. The van der Waals surface area contributed by atoms with Crippen LogP contribution in [-0.2, 0) is 0 Å². The first-order valence-electron chi connectivity index (χ1n) is 5.18. The van der Waals surface area contributed by atoms with Crippen LogP contribution in [0.4, 0.5) is 0 Å². The zero-order valence-corrected chi connectivity index (χ0v) is 10.7. The fraction of sp³-hybridized carbons (Fsp3) is 0. The van der Waals surface area contributed by atoms with E-state index in [1.165, 1.54) is 12.1 Å². The van der Waals surface area contributed by atoms with Crippen LogP contribution in [0.5, 0.6) is 0 Å². The molecule has 0 aliphatic carbocycles. The van der Waals surface area contributed by atoms with Gasteiger partial charge in [0.05, 0.1) is 0 Å². The Morgan fingerprint density at radius 2 is 1.50 bits per heavy atom. The standard InChI is InChI=1S/C14H8Cl2O2/c15-13(17)10-6-7-11(14(16)18)12(8-10)9-4-2-1-3-5-9/h1-8H. The highest BCUT2D eigenvalue weighted by Crippen LogP contribution is 2.26. The van der Waals surface area contributed by atoms with E-state index in [0.29, 0.717) is 16.7 Å². The minimum absolute atomic E-state index is 0.331. The summed E-state index contributed by atoms with van der Waals surface area (Å²) in [6, 6.07) is 13.8. The SMILES string of the molecule is O=C(Cl)c1ccc(C(=O)Cl)c(-c2ccccc2)c1. The van der Waals surface area contributed by atoms with Gasteiger partial charge in [0.2, 0.25) is 0 Å². The number of carbonyl (C=O) groups is 2. The lowest BCUT2D eigenvalue weighted by Crippen LogP contribution is -1.97. The zero-order chi connectivity index (χ0) is 13.1. The molecule has 4 heteroatoms. The van der Waals surface area contributed by atoms with Crippen molar-refractivity contribution >= 4 is 33.7 Å². The molecule has 0 heterocycles. The van der Waals surface area contributed by atoms with Gasteiger partial charge < -0.3 is 0 Å². The quantitative estimate of drug-likeness (QED) is 0.792. The highest BCUT2D eigenvalue weighted by Gasteiger charge is 2.13. The van der Waals surface area contributed by atoms with Gasteiger partial charge in [0.25, 0.3) is 10.5 Å². The first-order chi connectivity index (χ1) is 8.59. The van der Waals surface area contributed by atoms with E-state index in [9.17, 15) is 9.59 Å². The molecule has 90 valence electrons. The predicted octanol–water partition coefficient (Wildman–Crippen LogP) is 4.11. The van der Waals surface area contributed by atoms with Crippen LogP contribution < -0.4 is 0 Å². The molecule has 2 nitrogen and oxygen atoms in total. The first-order valence-corrected chi connectivity index (χ1v) is 5.94. The van der Waals surface area contributed by atoms with Crippen LogP contribution in [0, 0.1) is 0 Å². The van der Waals surface area contributed by atoms with Crippen LogP contribution in [-0.4, -0.2) is 10.5 Å². The molecule has 2 aromatic carbocycles. The second-order valence-electron chi connectivity index (χ2n) is 3.67. The highest BCUT2D eigenvalue weighted by atomic mass is 35.5. The van der Waals surface area contributed by atoms with Crippen molar-refractivity contribution in [2.45, 2.75) is 0 Å². The third-order valence-corrected chi connectivity index (χ3v) is 2.96. The monoisotopic (exact) mass is 278 g/mol. The molecule has 0 saturated carbocycles. The van der Waals surface area contributed by atoms with Crippen molar-refractivity contribution in [3.63, 3.8) is 0 Å². The van der Waals surface area contributed by atoms with E-state index < -0.39 is 10.5 Å². The van der Waals surface area contributed by atoms with Crippen molar-refractivity contribution in [2.75, 3.05) is 0 Å². The molecule has 0 saturated heterocycles. The van der Waals surface area contributed by atoms with Gasteiger partial charge in [-0.25, -0.2) is 0 Å². The van der Waals surface area contributed by atoms with Gasteiger partial charge in [0, 0.05) is 11.1 Å². The molecular formula is C14H8Cl2O2. The summed E-state index contributed by atoms with van der Waals surface area (Å²) < 4.78 is 0. The summed E-state index contributed by atoms with van der Waals surface area (Å²) >= 11 is 11.0. The van der Waals surface area contributed by atoms with Gasteiger partial charge in [-0.15, -0.1) is 0 Å². The molecule has 0 spiro atoms. The normalized spacial score (nSPS) is 10.1. The van der Waals surface area contributed by atoms with E-state index >= 15 is 0 Å². The Balaban J connectivity index is 2.65. The lowest BCUT2D eigenvalue weighted by molar-refractivity contribution is 0.107. The summed E-state index contributed by atoms with van der Waals surface area (Å²) in [5.41, 5.74) is 2.09. The largest absolute Gasteiger partial charge is 0.276 e. The van der Waals surface area contributed by atoms with Crippen LogP contribution in [0.2, 0.25) is 0 Å². The smallest absolute Gasteiger partial charge is 0.253 e. The lowest BCUT2D eigenvalue weighted by atomic mass is 9.98. The summed E-state index contributed by atoms with van der Waals surface area (Å²) in [4.78, 5) is 22.5. The third-order valence-electron chi connectivity index (χ3n) is 2.54. The van der Waals surface area contributed by atoms with Crippen molar-refractivity contribution in [1.82, 2.24) is 0 Å². The highest BCUT2D eigenvalue weighted by molar-refractivity contribution is 6.69. The molecule has 0 fully saturated rings. The fourth-order valence-corrected chi connectivity index (χ4v) is 1.98. The summed E-state index contributed by atoms with van der Waals surface area (Å²) in [5, 5.41) is -1.14. The van der Waals surface area contributed by atoms with E-state index in [1.807, 2.05) is 30.3 Å². The summed E-state index contributed by atoms with van der Waals surface area (Å²) in [5.74, 6) is 0. The van der Waals surface area contributed by atoms with Crippen LogP contribution >= 0.6 is 23.2 Å². The van der Waals surface area contributed by atoms with E-state index in [-0.39, 0.29) is 0 Å². The molecule has 0 N–H and O–H groups in total. The molecule has 0 aromatic heterocycles. The summed E-state index contributed by atoms with van der Waals surface area (Å²) in [7, 11) is 0. The summed E-state index contributed by atoms with van der Waals surface area (Å²) in [6.45, 7) is 0. The molecule has 2 rings (SSSR count). The Bertz CT molecular complexity index is 606. The molecule has 0 radical (unpaired) electrons. The molecule has 2 aromatic rings. The number of hydrogen-bond acceptors (Lipinski definition) is 2. The Labute approximate surface area is 114 Å². The van der Waals surface area contributed by atoms with Crippen molar-refractivity contribution in [2.24, 2.45) is 0 Å². The average Bonchev–Trinajstić information content (AvgIpc) is 2.39. The van der Waals surface area contributed by atoms with Gasteiger partial charge in [-0.05, 0) is 52.5 Å². The Hall–Kier alpha value is -1.64. The average molecular weight is 279 g/mol. The van der Waals surface area contributed by atoms with Gasteiger partial charge in [-0.2, -0.15) is 0 Å². The Morgan fingerprint density at radius 1 is 0.833 bits per heavy atom. The molecule has 0 aliphatic rings. The molecule has 0 unspecified atom stereocenters. The Morgan fingerprint density at radius 3 is 2.06 bits per heavy atom. The van der Waals surface area contributed by atoms with Crippen LogP contribution in [0.15, 0.2) is 48.5 Å².